The highest BCUT2D eigenvalue weighted by atomic mass is 32.2. The quantitative estimate of drug-likeness (QED) is 0.301. The molecule has 10 heteroatoms. The molecule has 2 N–H and O–H groups in total. The Morgan fingerprint density at radius 1 is 1.08 bits per heavy atom. The molecule has 190 valence electrons. The number of benzene rings is 3. The van der Waals surface area contributed by atoms with Gasteiger partial charge in [0.2, 0.25) is 10.0 Å². The molecule has 0 aliphatic heterocycles. The lowest BCUT2D eigenvalue weighted by molar-refractivity contribution is -0.121. The van der Waals surface area contributed by atoms with Crippen molar-refractivity contribution in [1.82, 2.24) is 9.73 Å². The lowest BCUT2D eigenvalue weighted by Gasteiger charge is -2.22. The first-order valence-electron chi connectivity index (χ1n) is 11.2. The number of hydrogen-bond donors (Lipinski definition) is 2. The van der Waals surface area contributed by atoms with Gasteiger partial charge in [-0.3, -0.25) is 4.79 Å². The highest BCUT2D eigenvalue weighted by molar-refractivity contribution is 7.89. The van der Waals surface area contributed by atoms with E-state index in [1.165, 1.54) is 25.5 Å². The van der Waals surface area contributed by atoms with Crippen LogP contribution in [0.15, 0.2) is 76.7 Å². The van der Waals surface area contributed by atoms with Crippen LogP contribution >= 0.6 is 0 Å². The van der Waals surface area contributed by atoms with Gasteiger partial charge in [-0.05, 0) is 55.3 Å². The molecule has 1 amide bonds. The average Bonchev–Trinajstić information content (AvgIpc) is 2.86. The van der Waals surface area contributed by atoms with E-state index in [1.807, 2.05) is 6.07 Å². The highest BCUT2D eigenvalue weighted by Gasteiger charge is 2.27. The van der Waals surface area contributed by atoms with Crippen molar-refractivity contribution >= 4 is 22.1 Å². The van der Waals surface area contributed by atoms with Crippen LogP contribution in [-0.4, -0.2) is 50.2 Å². The monoisotopic (exact) mass is 511 g/mol. The number of hydrogen-bond acceptors (Lipinski definition) is 7. The van der Waals surface area contributed by atoms with E-state index in [4.69, 9.17) is 9.47 Å². The maximum absolute atomic E-state index is 13.5. The Kier molecular flexibility index (Phi) is 9.04. The lowest BCUT2D eigenvalue weighted by Crippen LogP contribution is -2.39. The topological polar surface area (TPSA) is 118 Å². The van der Waals surface area contributed by atoms with E-state index in [-0.39, 0.29) is 17.2 Å². The van der Waals surface area contributed by atoms with Crippen LogP contribution in [0.1, 0.15) is 23.6 Å². The Morgan fingerprint density at radius 3 is 2.50 bits per heavy atom. The van der Waals surface area contributed by atoms with Crippen molar-refractivity contribution < 1.29 is 27.8 Å². The first-order chi connectivity index (χ1) is 17.3. The number of carbonyl (C=O) groups excluding carboxylic acids is 1. The predicted molar refractivity (Wildman–Crippen MR) is 137 cm³/mol. The number of hydrazone groups is 1. The summed E-state index contributed by atoms with van der Waals surface area (Å²) in [7, 11) is -2.52. The molecular weight excluding hydrogens is 482 g/mol. The number of ether oxygens (including phenoxy) is 2. The zero-order chi connectivity index (χ0) is 26.1. The van der Waals surface area contributed by atoms with Gasteiger partial charge in [-0.25, -0.2) is 13.8 Å². The highest BCUT2D eigenvalue weighted by Crippen LogP contribution is 2.28. The number of sulfonamides is 1. The molecular formula is C26H29N3O6S. The van der Waals surface area contributed by atoms with Gasteiger partial charge in [0.05, 0.1) is 31.4 Å². The summed E-state index contributed by atoms with van der Waals surface area (Å²) in [4.78, 5) is 12.7. The largest absolute Gasteiger partial charge is 0.504 e. The summed E-state index contributed by atoms with van der Waals surface area (Å²) < 4.78 is 38.6. The van der Waals surface area contributed by atoms with Crippen LogP contribution < -0.4 is 14.9 Å². The minimum atomic E-state index is -4.03. The number of nitrogens with zero attached hydrogens (tertiary/aromatic N) is 2. The Balaban J connectivity index is 1.81. The molecule has 0 saturated heterocycles. The number of phenols is 1. The van der Waals surface area contributed by atoms with Gasteiger partial charge < -0.3 is 14.6 Å². The van der Waals surface area contributed by atoms with Gasteiger partial charge in [0.25, 0.3) is 5.91 Å². The molecule has 3 aromatic rings. The van der Waals surface area contributed by atoms with Gasteiger partial charge in [-0.2, -0.15) is 9.41 Å². The van der Waals surface area contributed by atoms with Crippen molar-refractivity contribution in [2.75, 3.05) is 20.3 Å². The summed E-state index contributed by atoms with van der Waals surface area (Å²) in [5.74, 6) is 0.104. The van der Waals surface area contributed by atoms with E-state index in [2.05, 4.69) is 10.5 Å². The molecule has 3 aromatic carbocycles. The van der Waals surface area contributed by atoms with Crippen LogP contribution in [0, 0.1) is 6.92 Å². The van der Waals surface area contributed by atoms with E-state index < -0.39 is 22.5 Å². The van der Waals surface area contributed by atoms with E-state index >= 15 is 0 Å². The Morgan fingerprint density at radius 2 is 1.83 bits per heavy atom. The SMILES string of the molecule is CCOc1cccc(/C=N/NC(=O)CN(Cc2ccccc2)S(=O)(=O)c2ccc(OC)c(C)c2)c1O. The number of para-hydroxylation sites is 1. The molecule has 0 aromatic heterocycles. The molecule has 0 spiro atoms. The van der Waals surface area contributed by atoms with Crippen LogP contribution in [0.5, 0.6) is 17.2 Å². The maximum atomic E-state index is 13.5. The molecule has 0 atom stereocenters. The zero-order valence-electron chi connectivity index (χ0n) is 20.3. The third-order valence-corrected chi connectivity index (χ3v) is 7.04. The van der Waals surface area contributed by atoms with Crippen LogP contribution in [-0.2, 0) is 21.4 Å². The van der Waals surface area contributed by atoms with Crippen LogP contribution in [0.4, 0.5) is 0 Å². The third-order valence-electron chi connectivity index (χ3n) is 5.25. The van der Waals surface area contributed by atoms with Crippen molar-refractivity contribution in [2.24, 2.45) is 5.10 Å². The van der Waals surface area contributed by atoms with Gasteiger partial charge in [0, 0.05) is 12.1 Å². The fourth-order valence-corrected chi connectivity index (χ4v) is 4.93. The van der Waals surface area contributed by atoms with E-state index in [9.17, 15) is 18.3 Å². The van der Waals surface area contributed by atoms with Gasteiger partial charge >= 0.3 is 0 Å². The Labute approximate surface area is 211 Å². The second kappa shape index (κ2) is 12.2. The number of carbonyl (C=O) groups is 1. The molecule has 0 bridgehead atoms. The minimum absolute atomic E-state index is 0.0113. The van der Waals surface area contributed by atoms with E-state index in [1.54, 1.807) is 62.4 Å². The summed E-state index contributed by atoms with van der Waals surface area (Å²) in [5.41, 5.74) is 4.05. The molecule has 0 unspecified atom stereocenters. The Hall–Kier alpha value is -3.89. The summed E-state index contributed by atoms with van der Waals surface area (Å²) in [6.07, 6.45) is 1.26. The maximum Gasteiger partial charge on any atom is 0.255 e. The molecule has 0 aliphatic carbocycles. The fourth-order valence-electron chi connectivity index (χ4n) is 3.46. The van der Waals surface area contributed by atoms with E-state index in [0.29, 0.717) is 29.2 Å². The second-order valence-corrected chi connectivity index (χ2v) is 9.75. The van der Waals surface area contributed by atoms with Gasteiger partial charge in [-0.1, -0.05) is 36.4 Å². The fraction of sp³-hybridized carbons (Fsp3) is 0.231. The van der Waals surface area contributed by atoms with Gasteiger partial charge in [0.1, 0.15) is 5.75 Å². The third kappa shape index (κ3) is 6.61. The minimum Gasteiger partial charge on any atom is -0.504 e. The molecule has 9 nitrogen and oxygen atoms in total. The number of amides is 1. The lowest BCUT2D eigenvalue weighted by atomic mass is 10.2. The predicted octanol–water partition coefficient (Wildman–Crippen LogP) is 3.45. The van der Waals surface area contributed by atoms with Gasteiger partial charge in [0.15, 0.2) is 11.5 Å². The van der Waals surface area contributed by atoms with Crippen LogP contribution in [0.3, 0.4) is 0 Å². The molecule has 3 rings (SSSR count). The average molecular weight is 512 g/mol. The number of phenolic OH excluding ortho intramolecular Hbond substituents is 1. The van der Waals surface area contributed by atoms with Crippen LogP contribution in [0.25, 0.3) is 0 Å². The molecule has 0 saturated carbocycles. The molecule has 0 heterocycles. The second-order valence-electron chi connectivity index (χ2n) is 7.81. The molecule has 0 radical (unpaired) electrons. The first kappa shape index (κ1) is 26.7. The summed E-state index contributed by atoms with van der Waals surface area (Å²) in [6.45, 7) is 3.44. The number of rotatable bonds is 11. The Bertz CT molecular complexity index is 1330. The first-order valence-corrected chi connectivity index (χ1v) is 12.7. The van der Waals surface area contributed by atoms with Crippen molar-refractivity contribution in [3.05, 3.63) is 83.4 Å². The summed E-state index contributed by atoms with van der Waals surface area (Å²) >= 11 is 0. The standard InChI is InChI=1S/C26H29N3O6S/c1-4-35-24-12-8-11-21(26(24)31)16-27-28-25(30)18-29(17-20-9-6-5-7-10-20)36(32,33)22-13-14-23(34-3)19(2)15-22/h5-16,31H,4,17-18H2,1-3H3,(H,28,30)/b27-16+. The number of aryl methyl sites for hydroxylation is 1. The van der Waals surface area contributed by atoms with Gasteiger partial charge in [-0.15, -0.1) is 0 Å². The number of methoxy groups -OCH3 is 1. The van der Waals surface area contributed by atoms with Crippen molar-refractivity contribution in [2.45, 2.75) is 25.3 Å². The summed E-state index contributed by atoms with van der Waals surface area (Å²) in [5, 5.41) is 14.1. The van der Waals surface area contributed by atoms with Crippen molar-refractivity contribution in [1.29, 1.82) is 0 Å². The number of aromatic hydroxyl groups is 1. The zero-order valence-corrected chi connectivity index (χ0v) is 21.2. The number of nitrogens with one attached hydrogen (secondary N) is 1. The summed E-state index contributed by atoms with van der Waals surface area (Å²) in [6, 6.07) is 18.4. The normalized spacial score (nSPS) is 11.6. The van der Waals surface area contributed by atoms with Crippen molar-refractivity contribution in [3.63, 3.8) is 0 Å². The molecule has 0 aliphatic rings. The smallest absolute Gasteiger partial charge is 0.255 e. The molecule has 0 fully saturated rings. The van der Waals surface area contributed by atoms with Crippen molar-refractivity contribution in [3.8, 4) is 17.2 Å². The van der Waals surface area contributed by atoms with E-state index in [0.717, 1.165) is 9.87 Å². The molecule has 36 heavy (non-hydrogen) atoms. The van der Waals surface area contributed by atoms with Crippen LogP contribution in [0.2, 0.25) is 0 Å².